The second-order valence-electron chi connectivity index (χ2n) is 4.78. The lowest BCUT2D eigenvalue weighted by Crippen LogP contribution is -2.40. The van der Waals surface area contributed by atoms with E-state index in [0.717, 1.165) is 5.75 Å². The standard InChI is InChI=1S/C12H19NO2/c1-12(2,3)11(13)8-15-10-6-4-9(14)5-7-10/h4-7,11,14H,8,13H2,1-3H3. The first-order chi connectivity index (χ1) is 6.89. The molecule has 0 aliphatic carbocycles. The Labute approximate surface area is 90.9 Å². The van der Waals surface area contributed by atoms with Crippen LogP contribution in [0.25, 0.3) is 0 Å². The van der Waals surface area contributed by atoms with Crippen LogP contribution in [0.15, 0.2) is 24.3 Å². The van der Waals surface area contributed by atoms with Crippen molar-refractivity contribution in [2.24, 2.45) is 11.1 Å². The number of hydrogen-bond acceptors (Lipinski definition) is 3. The van der Waals surface area contributed by atoms with E-state index in [-0.39, 0.29) is 17.2 Å². The molecule has 0 heterocycles. The Morgan fingerprint density at radius 1 is 1.27 bits per heavy atom. The highest BCUT2D eigenvalue weighted by Gasteiger charge is 2.20. The lowest BCUT2D eigenvalue weighted by molar-refractivity contribution is 0.205. The first-order valence-electron chi connectivity index (χ1n) is 5.07. The predicted molar refractivity (Wildman–Crippen MR) is 61.0 cm³/mol. The van der Waals surface area contributed by atoms with Crippen molar-refractivity contribution < 1.29 is 9.84 Å². The molecule has 84 valence electrons. The number of rotatable bonds is 3. The average Bonchev–Trinajstić information content (AvgIpc) is 2.15. The fourth-order valence-electron chi connectivity index (χ4n) is 0.978. The Bertz CT molecular complexity index is 300. The van der Waals surface area contributed by atoms with E-state index in [1.165, 1.54) is 0 Å². The van der Waals surface area contributed by atoms with Crippen molar-refractivity contribution in [1.29, 1.82) is 0 Å². The van der Waals surface area contributed by atoms with Gasteiger partial charge in [-0.1, -0.05) is 20.8 Å². The van der Waals surface area contributed by atoms with Crippen molar-refractivity contribution in [1.82, 2.24) is 0 Å². The Balaban J connectivity index is 2.47. The van der Waals surface area contributed by atoms with Gasteiger partial charge in [-0.15, -0.1) is 0 Å². The Hall–Kier alpha value is -1.22. The molecule has 1 aromatic rings. The van der Waals surface area contributed by atoms with E-state index < -0.39 is 0 Å². The van der Waals surface area contributed by atoms with E-state index in [1.54, 1.807) is 24.3 Å². The van der Waals surface area contributed by atoms with Crippen LogP contribution in [0.4, 0.5) is 0 Å². The van der Waals surface area contributed by atoms with Gasteiger partial charge >= 0.3 is 0 Å². The van der Waals surface area contributed by atoms with E-state index in [0.29, 0.717) is 6.61 Å². The number of phenols is 1. The lowest BCUT2D eigenvalue weighted by Gasteiger charge is -2.26. The third kappa shape index (κ3) is 3.80. The van der Waals surface area contributed by atoms with Crippen molar-refractivity contribution in [3.63, 3.8) is 0 Å². The minimum atomic E-state index is -0.00805. The lowest BCUT2D eigenvalue weighted by atomic mass is 9.88. The van der Waals surface area contributed by atoms with Gasteiger partial charge < -0.3 is 15.6 Å². The SMILES string of the molecule is CC(C)(C)C(N)COc1ccc(O)cc1. The maximum atomic E-state index is 9.08. The summed E-state index contributed by atoms with van der Waals surface area (Å²) < 4.78 is 5.51. The summed E-state index contributed by atoms with van der Waals surface area (Å²) in [6, 6.07) is 6.64. The molecular weight excluding hydrogens is 190 g/mol. The van der Waals surface area contributed by atoms with E-state index in [2.05, 4.69) is 20.8 Å². The highest BCUT2D eigenvalue weighted by Crippen LogP contribution is 2.20. The van der Waals surface area contributed by atoms with Gasteiger partial charge in [0, 0.05) is 6.04 Å². The fraction of sp³-hybridized carbons (Fsp3) is 0.500. The molecule has 1 unspecified atom stereocenters. The third-order valence-electron chi connectivity index (χ3n) is 2.38. The molecule has 0 aromatic heterocycles. The van der Waals surface area contributed by atoms with Crippen molar-refractivity contribution >= 4 is 0 Å². The van der Waals surface area contributed by atoms with Crippen LogP contribution in [0.1, 0.15) is 20.8 Å². The van der Waals surface area contributed by atoms with Crippen LogP contribution in [0.2, 0.25) is 0 Å². The van der Waals surface area contributed by atoms with Gasteiger partial charge in [-0.05, 0) is 29.7 Å². The van der Waals surface area contributed by atoms with Gasteiger partial charge in [-0.25, -0.2) is 0 Å². The Morgan fingerprint density at radius 2 is 1.80 bits per heavy atom. The van der Waals surface area contributed by atoms with Gasteiger partial charge in [0.1, 0.15) is 18.1 Å². The third-order valence-corrected chi connectivity index (χ3v) is 2.38. The molecule has 0 bridgehead atoms. The number of benzene rings is 1. The van der Waals surface area contributed by atoms with Crippen LogP contribution in [-0.2, 0) is 0 Å². The minimum absolute atomic E-state index is 0.00805. The minimum Gasteiger partial charge on any atom is -0.508 e. The average molecular weight is 209 g/mol. The van der Waals surface area contributed by atoms with Crippen LogP contribution in [0.5, 0.6) is 11.5 Å². The van der Waals surface area contributed by atoms with Gasteiger partial charge in [-0.3, -0.25) is 0 Å². The summed E-state index contributed by atoms with van der Waals surface area (Å²) in [6.07, 6.45) is 0. The second-order valence-corrected chi connectivity index (χ2v) is 4.78. The molecular formula is C12H19NO2. The van der Waals surface area contributed by atoms with Crippen molar-refractivity contribution in [3.05, 3.63) is 24.3 Å². The Morgan fingerprint density at radius 3 is 2.27 bits per heavy atom. The number of ether oxygens (including phenoxy) is 1. The van der Waals surface area contributed by atoms with Crippen molar-refractivity contribution in [3.8, 4) is 11.5 Å². The van der Waals surface area contributed by atoms with Gasteiger partial charge in [0.2, 0.25) is 0 Å². The number of phenolic OH excluding ortho intramolecular Hbond substituents is 1. The molecule has 1 aromatic carbocycles. The van der Waals surface area contributed by atoms with Gasteiger partial charge in [0.25, 0.3) is 0 Å². The molecule has 3 N–H and O–H groups in total. The van der Waals surface area contributed by atoms with E-state index in [1.807, 2.05) is 0 Å². The normalized spacial score (nSPS) is 13.6. The van der Waals surface area contributed by atoms with Crippen LogP contribution >= 0.6 is 0 Å². The molecule has 1 atom stereocenters. The number of nitrogens with two attached hydrogens (primary N) is 1. The van der Waals surface area contributed by atoms with Gasteiger partial charge in [-0.2, -0.15) is 0 Å². The van der Waals surface area contributed by atoms with Crippen molar-refractivity contribution in [2.45, 2.75) is 26.8 Å². The molecule has 0 spiro atoms. The summed E-state index contributed by atoms with van der Waals surface area (Å²) in [6.45, 7) is 6.72. The summed E-state index contributed by atoms with van der Waals surface area (Å²) in [5.74, 6) is 0.968. The predicted octanol–water partition coefficient (Wildman–Crippen LogP) is 2.14. The molecule has 0 fully saturated rings. The molecule has 0 aliphatic rings. The molecule has 15 heavy (non-hydrogen) atoms. The smallest absolute Gasteiger partial charge is 0.119 e. The zero-order valence-corrected chi connectivity index (χ0v) is 9.53. The zero-order valence-electron chi connectivity index (χ0n) is 9.53. The highest BCUT2D eigenvalue weighted by atomic mass is 16.5. The Kier molecular flexibility index (Phi) is 3.58. The maximum Gasteiger partial charge on any atom is 0.119 e. The molecule has 3 heteroatoms. The number of aromatic hydroxyl groups is 1. The summed E-state index contributed by atoms with van der Waals surface area (Å²) in [4.78, 5) is 0. The molecule has 0 saturated heterocycles. The second kappa shape index (κ2) is 4.53. The molecule has 0 radical (unpaired) electrons. The summed E-state index contributed by atoms with van der Waals surface area (Å²) in [5.41, 5.74) is 5.99. The topological polar surface area (TPSA) is 55.5 Å². The van der Waals surface area contributed by atoms with Crippen molar-refractivity contribution in [2.75, 3.05) is 6.61 Å². The van der Waals surface area contributed by atoms with Crippen LogP contribution in [-0.4, -0.2) is 17.8 Å². The van der Waals surface area contributed by atoms with Crippen LogP contribution < -0.4 is 10.5 Å². The highest BCUT2D eigenvalue weighted by molar-refractivity contribution is 5.30. The number of hydrogen-bond donors (Lipinski definition) is 2. The molecule has 1 rings (SSSR count). The molecule has 0 amide bonds. The van der Waals surface area contributed by atoms with E-state index in [4.69, 9.17) is 15.6 Å². The van der Waals surface area contributed by atoms with Gasteiger partial charge in [0.15, 0.2) is 0 Å². The molecule has 0 aliphatic heterocycles. The monoisotopic (exact) mass is 209 g/mol. The fourth-order valence-corrected chi connectivity index (χ4v) is 0.978. The van der Waals surface area contributed by atoms with Crippen LogP contribution in [0, 0.1) is 5.41 Å². The van der Waals surface area contributed by atoms with E-state index in [9.17, 15) is 0 Å². The largest absolute Gasteiger partial charge is 0.508 e. The van der Waals surface area contributed by atoms with Crippen LogP contribution in [0.3, 0.4) is 0 Å². The molecule has 3 nitrogen and oxygen atoms in total. The van der Waals surface area contributed by atoms with E-state index >= 15 is 0 Å². The zero-order chi connectivity index (χ0) is 11.5. The quantitative estimate of drug-likeness (QED) is 0.802. The maximum absolute atomic E-state index is 9.08. The first-order valence-corrected chi connectivity index (χ1v) is 5.07. The summed E-state index contributed by atoms with van der Waals surface area (Å²) >= 11 is 0. The summed E-state index contributed by atoms with van der Waals surface area (Å²) in [7, 11) is 0. The summed E-state index contributed by atoms with van der Waals surface area (Å²) in [5, 5.41) is 9.08. The van der Waals surface area contributed by atoms with Gasteiger partial charge in [0.05, 0.1) is 0 Å². The first kappa shape index (κ1) is 11.9. The molecule has 0 saturated carbocycles.